The van der Waals surface area contributed by atoms with Gasteiger partial charge in [-0.2, -0.15) is 0 Å². The summed E-state index contributed by atoms with van der Waals surface area (Å²) in [4.78, 5) is 23.5. The molecule has 1 saturated heterocycles. The van der Waals surface area contributed by atoms with E-state index in [9.17, 15) is 14.7 Å². The van der Waals surface area contributed by atoms with Crippen LogP contribution in [0.15, 0.2) is 0 Å². The second-order valence-electron chi connectivity index (χ2n) is 5.74. The predicted molar refractivity (Wildman–Crippen MR) is 68.5 cm³/mol. The van der Waals surface area contributed by atoms with E-state index < -0.39 is 16.9 Å². The van der Waals surface area contributed by atoms with Gasteiger partial charge in [0.1, 0.15) is 0 Å². The topological polar surface area (TPSA) is 102 Å². The SMILES string of the molecule is NC1(C(=O)NCC2(C(=O)O)CCCC2)CCOCC1. The van der Waals surface area contributed by atoms with Crippen LogP contribution in [0.4, 0.5) is 0 Å². The third-order valence-corrected chi connectivity index (χ3v) is 4.44. The van der Waals surface area contributed by atoms with Crippen molar-refractivity contribution in [1.82, 2.24) is 5.32 Å². The van der Waals surface area contributed by atoms with Crippen molar-refractivity contribution in [2.45, 2.75) is 44.1 Å². The lowest BCUT2D eigenvalue weighted by molar-refractivity contribution is -0.148. The summed E-state index contributed by atoms with van der Waals surface area (Å²) in [5.74, 6) is -1.06. The van der Waals surface area contributed by atoms with Crippen LogP contribution in [0, 0.1) is 5.41 Å². The molecular formula is C13H22N2O4. The summed E-state index contributed by atoms with van der Waals surface area (Å²) < 4.78 is 5.20. The van der Waals surface area contributed by atoms with Crippen molar-refractivity contribution in [2.75, 3.05) is 19.8 Å². The number of aliphatic carboxylic acids is 1. The zero-order chi connectivity index (χ0) is 13.9. The highest BCUT2D eigenvalue weighted by atomic mass is 16.5. The lowest BCUT2D eigenvalue weighted by Crippen LogP contribution is -2.58. The molecule has 19 heavy (non-hydrogen) atoms. The van der Waals surface area contributed by atoms with Crippen LogP contribution in [0.5, 0.6) is 0 Å². The van der Waals surface area contributed by atoms with Gasteiger partial charge in [0.25, 0.3) is 0 Å². The van der Waals surface area contributed by atoms with Gasteiger partial charge >= 0.3 is 5.97 Å². The van der Waals surface area contributed by atoms with Crippen LogP contribution in [-0.2, 0) is 14.3 Å². The summed E-state index contributed by atoms with van der Waals surface area (Å²) in [5, 5.41) is 12.1. The average molecular weight is 270 g/mol. The van der Waals surface area contributed by atoms with Crippen molar-refractivity contribution in [3.05, 3.63) is 0 Å². The Morgan fingerprint density at radius 2 is 1.74 bits per heavy atom. The fourth-order valence-corrected chi connectivity index (χ4v) is 2.91. The third kappa shape index (κ3) is 2.90. The summed E-state index contributed by atoms with van der Waals surface area (Å²) in [5.41, 5.74) is 4.37. The lowest BCUT2D eigenvalue weighted by Gasteiger charge is -2.33. The standard InChI is InChI=1S/C13H22N2O4/c14-13(5-7-19-8-6-13)10(16)15-9-12(11(17)18)3-1-2-4-12/h1-9,14H2,(H,15,16)(H,17,18). The molecule has 4 N–H and O–H groups in total. The molecule has 2 fully saturated rings. The molecule has 108 valence electrons. The smallest absolute Gasteiger partial charge is 0.311 e. The number of ether oxygens (including phenoxy) is 1. The maximum Gasteiger partial charge on any atom is 0.311 e. The summed E-state index contributed by atoms with van der Waals surface area (Å²) in [6, 6.07) is 0. The van der Waals surface area contributed by atoms with Gasteiger partial charge in [0, 0.05) is 19.8 Å². The zero-order valence-electron chi connectivity index (χ0n) is 11.1. The van der Waals surface area contributed by atoms with Crippen molar-refractivity contribution in [3.8, 4) is 0 Å². The molecular weight excluding hydrogens is 248 g/mol. The maximum absolute atomic E-state index is 12.2. The normalized spacial score (nSPS) is 24.9. The molecule has 0 atom stereocenters. The quantitative estimate of drug-likeness (QED) is 0.680. The Hall–Kier alpha value is -1.14. The van der Waals surface area contributed by atoms with E-state index in [0.29, 0.717) is 38.9 Å². The van der Waals surface area contributed by atoms with Gasteiger partial charge in [-0.3, -0.25) is 9.59 Å². The number of carboxylic acids is 1. The minimum absolute atomic E-state index is 0.182. The Bertz CT molecular complexity index is 358. The Morgan fingerprint density at radius 1 is 1.16 bits per heavy atom. The molecule has 1 aliphatic carbocycles. The molecule has 0 unspecified atom stereocenters. The molecule has 1 heterocycles. The second kappa shape index (κ2) is 5.46. The first kappa shape index (κ1) is 14.3. The highest BCUT2D eigenvalue weighted by Crippen LogP contribution is 2.37. The van der Waals surface area contributed by atoms with E-state index in [1.165, 1.54) is 0 Å². The summed E-state index contributed by atoms with van der Waals surface area (Å²) in [6.45, 7) is 1.14. The Labute approximate surface area is 112 Å². The Balaban J connectivity index is 1.93. The Morgan fingerprint density at radius 3 is 2.26 bits per heavy atom. The number of nitrogens with two attached hydrogens (primary N) is 1. The van der Waals surface area contributed by atoms with Gasteiger partial charge in [-0.15, -0.1) is 0 Å². The minimum Gasteiger partial charge on any atom is -0.481 e. The molecule has 0 aromatic rings. The average Bonchev–Trinajstić information content (AvgIpc) is 2.87. The number of carboxylic acid groups (broad SMARTS) is 1. The van der Waals surface area contributed by atoms with Crippen LogP contribution in [0.3, 0.4) is 0 Å². The van der Waals surface area contributed by atoms with Gasteiger partial charge in [-0.05, 0) is 25.7 Å². The summed E-state index contributed by atoms with van der Waals surface area (Å²) in [6.07, 6.45) is 4.04. The first-order valence-corrected chi connectivity index (χ1v) is 6.87. The van der Waals surface area contributed by atoms with Crippen molar-refractivity contribution in [1.29, 1.82) is 0 Å². The van der Waals surface area contributed by atoms with Gasteiger partial charge in [-0.25, -0.2) is 0 Å². The number of hydrogen-bond donors (Lipinski definition) is 3. The fraction of sp³-hybridized carbons (Fsp3) is 0.846. The first-order chi connectivity index (χ1) is 8.99. The van der Waals surface area contributed by atoms with E-state index in [4.69, 9.17) is 10.5 Å². The summed E-state index contributed by atoms with van der Waals surface area (Å²) in [7, 11) is 0. The van der Waals surface area contributed by atoms with Crippen LogP contribution in [0.25, 0.3) is 0 Å². The van der Waals surface area contributed by atoms with E-state index in [1.807, 2.05) is 0 Å². The summed E-state index contributed by atoms with van der Waals surface area (Å²) >= 11 is 0. The first-order valence-electron chi connectivity index (χ1n) is 6.87. The van der Waals surface area contributed by atoms with Gasteiger partial charge in [0.05, 0.1) is 11.0 Å². The van der Waals surface area contributed by atoms with E-state index in [2.05, 4.69) is 5.32 Å². The van der Waals surface area contributed by atoms with E-state index in [-0.39, 0.29) is 12.5 Å². The van der Waals surface area contributed by atoms with Gasteiger partial charge in [-0.1, -0.05) is 12.8 Å². The van der Waals surface area contributed by atoms with Crippen molar-refractivity contribution >= 4 is 11.9 Å². The van der Waals surface area contributed by atoms with E-state index in [1.54, 1.807) is 0 Å². The van der Waals surface area contributed by atoms with Crippen LogP contribution in [0.2, 0.25) is 0 Å². The largest absolute Gasteiger partial charge is 0.481 e. The number of carbonyl (C=O) groups excluding carboxylic acids is 1. The van der Waals surface area contributed by atoms with Crippen LogP contribution in [0.1, 0.15) is 38.5 Å². The highest BCUT2D eigenvalue weighted by molar-refractivity contribution is 5.87. The fourth-order valence-electron chi connectivity index (χ4n) is 2.91. The zero-order valence-corrected chi connectivity index (χ0v) is 11.1. The van der Waals surface area contributed by atoms with Crippen LogP contribution >= 0.6 is 0 Å². The molecule has 0 spiro atoms. The molecule has 2 aliphatic rings. The number of carbonyl (C=O) groups is 2. The minimum atomic E-state index is -0.906. The molecule has 1 aliphatic heterocycles. The molecule has 1 saturated carbocycles. The van der Waals surface area contributed by atoms with Gasteiger partial charge < -0.3 is 20.9 Å². The maximum atomic E-state index is 12.2. The van der Waals surface area contributed by atoms with E-state index in [0.717, 1.165) is 12.8 Å². The monoisotopic (exact) mass is 270 g/mol. The number of nitrogens with one attached hydrogen (secondary N) is 1. The molecule has 0 bridgehead atoms. The molecule has 1 amide bonds. The second-order valence-corrected chi connectivity index (χ2v) is 5.74. The molecule has 6 heteroatoms. The number of rotatable bonds is 4. The third-order valence-electron chi connectivity index (χ3n) is 4.44. The van der Waals surface area contributed by atoms with Crippen molar-refractivity contribution < 1.29 is 19.4 Å². The van der Waals surface area contributed by atoms with Crippen molar-refractivity contribution in [2.24, 2.45) is 11.1 Å². The number of amides is 1. The molecule has 0 aromatic heterocycles. The number of hydrogen-bond acceptors (Lipinski definition) is 4. The molecule has 6 nitrogen and oxygen atoms in total. The van der Waals surface area contributed by atoms with Crippen molar-refractivity contribution in [3.63, 3.8) is 0 Å². The van der Waals surface area contributed by atoms with Gasteiger partial charge in [0.2, 0.25) is 5.91 Å². The highest BCUT2D eigenvalue weighted by Gasteiger charge is 2.43. The van der Waals surface area contributed by atoms with E-state index >= 15 is 0 Å². The van der Waals surface area contributed by atoms with Gasteiger partial charge in [0.15, 0.2) is 0 Å². The van der Waals surface area contributed by atoms with Crippen LogP contribution < -0.4 is 11.1 Å². The molecule has 2 rings (SSSR count). The molecule has 0 aromatic carbocycles. The predicted octanol–water partition coefficient (Wildman–Crippen LogP) is 0.255. The van der Waals surface area contributed by atoms with Crippen LogP contribution in [-0.4, -0.2) is 42.3 Å². The lowest BCUT2D eigenvalue weighted by atomic mass is 9.85. The molecule has 0 radical (unpaired) electrons. The Kier molecular flexibility index (Phi) is 4.10.